The van der Waals surface area contributed by atoms with Gasteiger partial charge in [0.1, 0.15) is 0 Å². The molecule has 5 heteroatoms. The van der Waals surface area contributed by atoms with Crippen molar-refractivity contribution in [3.8, 4) is 0 Å². The van der Waals surface area contributed by atoms with Crippen LogP contribution >= 0.6 is 0 Å². The SMILES string of the molecule is CCCC(CNC(=O)c1ccc(CN)cc1)C(=O)O. The van der Waals surface area contributed by atoms with Crippen LogP contribution in [-0.4, -0.2) is 23.5 Å². The Morgan fingerprint density at radius 3 is 2.42 bits per heavy atom. The summed E-state index contributed by atoms with van der Waals surface area (Å²) in [4.78, 5) is 22.8. The van der Waals surface area contributed by atoms with Crippen molar-refractivity contribution in [3.63, 3.8) is 0 Å². The second-order valence-electron chi connectivity index (χ2n) is 4.43. The van der Waals surface area contributed by atoms with Gasteiger partial charge in [-0.2, -0.15) is 0 Å². The van der Waals surface area contributed by atoms with Crippen molar-refractivity contribution in [2.45, 2.75) is 26.3 Å². The Morgan fingerprint density at radius 2 is 1.95 bits per heavy atom. The first-order valence-corrected chi connectivity index (χ1v) is 6.38. The molecule has 0 radical (unpaired) electrons. The third-order valence-corrected chi connectivity index (χ3v) is 2.95. The Labute approximate surface area is 112 Å². The van der Waals surface area contributed by atoms with Gasteiger partial charge < -0.3 is 16.2 Å². The number of amides is 1. The third kappa shape index (κ3) is 4.71. The number of carbonyl (C=O) groups is 2. The Kier molecular flexibility index (Phi) is 6.02. The molecule has 19 heavy (non-hydrogen) atoms. The van der Waals surface area contributed by atoms with Crippen molar-refractivity contribution >= 4 is 11.9 Å². The van der Waals surface area contributed by atoms with Gasteiger partial charge in [0.05, 0.1) is 5.92 Å². The molecule has 0 bridgehead atoms. The summed E-state index contributed by atoms with van der Waals surface area (Å²) in [6.07, 6.45) is 1.33. The normalized spacial score (nSPS) is 11.9. The molecule has 0 spiro atoms. The second-order valence-corrected chi connectivity index (χ2v) is 4.43. The predicted octanol–water partition coefficient (Wildman–Crippen LogP) is 1.38. The largest absolute Gasteiger partial charge is 0.481 e. The maximum Gasteiger partial charge on any atom is 0.308 e. The molecule has 5 nitrogen and oxygen atoms in total. The molecule has 1 unspecified atom stereocenters. The molecule has 0 saturated carbocycles. The maximum absolute atomic E-state index is 11.8. The van der Waals surface area contributed by atoms with Crippen LogP contribution in [0.15, 0.2) is 24.3 Å². The van der Waals surface area contributed by atoms with Crippen LogP contribution < -0.4 is 11.1 Å². The molecular weight excluding hydrogens is 244 g/mol. The van der Waals surface area contributed by atoms with E-state index in [0.717, 1.165) is 12.0 Å². The van der Waals surface area contributed by atoms with Crippen molar-refractivity contribution in [2.24, 2.45) is 11.7 Å². The van der Waals surface area contributed by atoms with Crippen LogP contribution in [0.5, 0.6) is 0 Å². The Hall–Kier alpha value is -1.88. The lowest BCUT2D eigenvalue weighted by atomic mass is 10.0. The van der Waals surface area contributed by atoms with E-state index in [1.54, 1.807) is 24.3 Å². The van der Waals surface area contributed by atoms with Gasteiger partial charge in [-0.25, -0.2) is 0 Å². The van der Waals surface area contributed by atoms with Crippen molar-refractivity contribution < 1.29 is 14.7 Å². The summed E-state index contributed by atoms with van der Waals surface area (Å²) in [6, 6.07) is 6.95. The van der Waals surface area contributed by atoms with E-state index in [4.69, 9.17) is 10.8 Å². The van der Waals surface area contributed by atoms with Crippen LogP contribution in [0.1, 0.15) is 35.7 Å². The maximum atomic E-state index is 11.8. The summed E-state index contributed by atoms with van der Waals surface area (Å²) in [7, 11) is 0. The smallest absolute Gasteiger partial charge is 0.308 e. The van der Waals surface area contributed by atoms with Crippen molar-refractivity contribution in [3.05, 3.63) is 35.4 Å². The first-order valence-electron chi connectivity index (χ1n) is 6.38. The number of carboxylic acids is 1. The standard InChI is InChI=1S/C14H20N2O3/c1-2-3-12(14(18)19)9-16-13(17)11-6-4-10(8-15)5-7-11/h4-7,12H,2-3,8-9,15H2,1H3,(H,16,17)(H,18,19). The highest BCUT2D eigenvalue weighted by atomic mass is 16.4. The van der Waals surface area contributed by atoms with Gasteiger partial charge in [-0.05, 0) is 24.1 Å². The van der Waals surface area contributed by atoms with Crippen LogP contribution in [0.4, 0.5) is 0 Å². The number of nitrogens with two attached hydrogens (primary N) is 1. The average Bonchev–Trinajstić information content (AvgIpc) is 2.42. The molecule has 1 amide bonds. The highest BCUT2D eigenvalue weighted by molar-refractivity contribution is 5.94. The molecule has 0 aliphatic carbocycles. The molecule has 0 heterocycles. The number of hydrogen-bond donors (Lipinski definition) is 3. The van der Waals surface area contributed by atoms with Crippen LogP contribution in [0.2, 0.25) is 0 Å². The molecule has 1 aromatic carbocycles. The highest BCUT2D eigenvalue weighted by Crippen LogP contribution is 2.07. The van der Waals surface area contributed by atoms with E-state index < -0.39 is 11.9 Å². The highest BCUT2D eigenvalue weighted by Gasteiger charge is 2.17. The zero-order chi connectivity index (χ0) is 14.3. The molecule has 4 N–H and O–H groups in total. The molecular formula is C14H20N2O3. The van der Waals surface area contributed by atoms with Gasteiger partial charge in [-0.1, -0.05) is 25.5 Å². The van der Waals surface area contributed by atoms with E-state index in [1.807, 2.05) is 6.92 Å². The number of nitrogens with one attached hydrogen (secondary N) is 1. The predicted molar refractivity (Wildman–Crippen MR) is 72.7 cm³/mol. The summed E-state index contributed by atoms with van der Waals surface area (Å²) in [5, 5.41) is 11.6. The van der Waals surface area contributed by atoms with Gasteiger partial charge in [0, 0.05) is 18.7 Å². The number of benzene rings is 1. The van der Waals surface area contributed by atoms with Crippen LogP contribution in [0.25, 0.3) is 0 Å². The van der Waals surface area contributed by atoms with Gasteiger partial charge in [0.15, 0.2) is 0 Å². The average molecular weight is 264 g/mol. The fraction of sp³-hybridized carbons (Fsp3) is 0.429. The topological polar surface area (TPSA) is 92.4 Å². The van der Waals surface area contributed by atoms with Crippen molar-refractivity contribution in [2.75, 3.05) is 6.54 Å². The molecule has 0 fully saturated rings. The lowest BCUT2D eigenvalue weighted by Crippen LogP contribution is -2.32. The van der Waals surface area contributed by atoms with Gasteiger partial charge in [0.2, 0.25) is 0 Å². The molecule has 1 aromatic rings. The summed E-state index contributed by atoms with van der Waals surface area (Å²) >= 11 is 0. The van der Waals surface area contributed by atoms with Gasteiger partial charge >= 0.3 is 5.97 Å². The molecule has 0 aromatic heterocycles. The van der Waals surface area contributed by atoms with Gasteiger partial charge in [0.25, 0.3) is 5.91 Å². The van der Waals surface area contributed by atoms with Crippen LogP contribution in [-0.2, 0) is 11.3 Å². The fourth-order valence-electron chi connectivity index (χ4n) is 1.77. The minimum Gasteiger partial charge on any atom is -0.481 e. The van der Waals surface area contributed by atoms with Crippen molar-refractivity contribution in [1.82, 2.24) is 5.32 Å². The van der Waals surface area contributed by atoms with Gasteiger partial charge in [-0.3, -0.25) is 9.59 Å². The zero-order valence-electron chi connectivity index (χ0n) is 11.1. The number of carboxylic acid groups (broad SMARTS) is 1. The molecule has 104 valence electrons. The second kappa shape index (κ2) is 7.53. The van der Waals surface area contributed by atoms with Crippen LogP contribution in [0.3, 0.4) is 0 Å². The molecule has 0 saturated heterocycles. The third-order valence-electron chi connectivity index (χ3n) is 2.95. The van der Waals surface area contributed by atoms with Crippen LogP contribution in [0, 0.1) is 5.92 Å². The van der Waals surface area contributed by atoms with E-state index in [1.165, 1.54) is 0 Å². The number of rotatable bonds is 7. The molecule has 0 aliphatic rings. The first-order chi connectivity index (χ1) is 9.08. The Balaban J connectivity index is 2.56. The van der Waals surface area contributed by atoms with E-state index in [0.29, 0.717) is 18.5 Å². The molecule has 1 atom stereocenters. The molecule has 1 rings (SSSR count). The lowest BCUT2D eigenvalue weighted by molar-refractivity contribution is -0.141. The minimum absolute atomic E-state index is 0.153. The number of aliphatic carboxylic acids is 1. The summed E-state index contributed by atoms with van der Waals surface area (Å²) in [6.45, 7) is 2.50. The summed E-state index contributed by atoms with van der Waals surface area (Å²) in [5.41, 5.74) is 6.94. The molecule has 0 aliphatic heterocycles. The quantitative estimate of drug-likeness (QED) is 0.693. The number of carbonyl (C=O) groups excluding carboxylic acids is 1. The Morgan fingerprint density at radius 1 is 1.32 bits per heavy atom. The lowest BCUT2D eigenvalue weighted by Gasteiger charge is -2.12. The summed E-state index contributed by atoms with van der Waals surface area (Å²) < 4.78 is 0. The number of hydrogen-bond acceptors (Lipinski definition) is 3. The van der Waals surface area contributed by atoms with Gasteiger partial charge in [-0.15, -0.1) is 0 Å². The first kappa shape index (κ1) is 15.2. The summed E-state index contributed by atoms with van der Waals surface area (Å²) in [5.74, 6) is -1.66. The fourth-order valence-corrected chi connectivity index (χ4v) is 1.77. The van der Waals surface area contributed by atoms with E-state index in [-0.39, 0.29) is 12.5 Å². The Bertz CT molecular complexity index is 429. The monoisotopic (exact) mass is 264 g/mol. The van der Waals surface area contributed by atoms with Crippen molar-refractivity contribution in [1.29, 1.82) is 0 Å². The van der Waals surface area contributed by atoms with E-state index >= 15 is 0 Å². The minimum atomic E-state index is -0.874. The van der Waals surface area contributed by atoms with E-state index in [9.17, 15) is 9.59 Å². The zero-order valence-corrected chi connectivity index (χ0v) is 11.1. The van der Waals surface area contributed by atoms with E-state index in [2.05, 4.69) is 5.32 Å².